The number of fused-ring (bicyclic) bond motifs is 1. The molecular formula is C56H60O22. The van der Waals surface area contributed by atoms with Gasteiger partial charge >= 0.3 is 41.8 Å². The van der Waals surface area contributed by atoms with E-state index in [2.05, 4.69) is 0 Å². The Morgan fingerprint density at radius 1 is 0.500 bits per heavy atom. The Hall–Kier alpha value is -7.15. The second kappa shape index (κ2) is 25.5. The summed E-state index contributed by atoms with van der Waals surface area (Å²) in [6.45, 7) is 6.56. The molecule has 78 heavy (non-hydrogen) atoms. The van der Waals surface area contributed by atoms with Crippen LogP contribution in [0.15, 0.2) is 121 Å². The van der Waals surface area contributed by atoms with Crippen LogP contribution in [0.25, 0.3) is 0 Å². The quantitative estimate of drug-likeness (QED) is 0.0987. The fourth-order valence-electron chi connectivity index (χ4n) is 9.35. The predicted molar refractivity (Wildman–Crippen MR) is 263 cm³/mol. The fourth-order valence-corrected chi connectivity index (χ4v) is 9.35. The van der Waals surface area contributed by atoms with Crippen LogP contribution in [0.2, 0.25) is 0 Å². The SMILES string of the molecule is CC(=O)OCC1OC(O[C@@H]2C3OC(C)(C)O[C@@H]3O[C@H]2C(O)COC2OC(COC(=O)c3ccccc3)C(OC(=O)c3ccccc3)C(OC(=O)c3ccccc3)C2OC(=O)c2ccccc2)C(OC(C)=O)C(C)C1OC(C)=O. The summed E-state index contributed by atoms with van der Waals surface area (Å²) in [4.78, 5) is 92.7. The summed E-state index contributed by atoms with van der Waals surface area (Å²) in [7, 11) is 0. The molecule has 0 amide bonds. The Kier molecular flexibility index (Phi) is 18.7. The van der Waals surface area contributed by atoms with Crippen molar-refractivity contribution in [2.24, 2.45) is 5.92 Å². The highest BCUT2D eigenvalue weighted by Gasteiger charge is 2.60. The number of aliphatic hydroxyl groups is 1. The summed E-state index contributed by atoms with van der Waals surface area (Å²) < 4.78 is 85.0. The number of esters is 7. The third-order valence-electron chi connectivity index (χ3n) is 12.9. The van der Waals surface area contributed by atoms with Gasteiger partial charge in [-0.1, -0.05) is 79.7 Å². The van der Waals surface area contributed by atoms with Crippen molar-refractivity contribution >= 4 is 41.8 Å². The fraction of sp³-hybridized carbons (Fsp3) is 0.446. The van der Waals surface area contributed by atoms with Crippen LogP contribution in [-0.2, 0) is 80.7 Å². The van der Waals surface area contributed by atoms with Crippen LogP contribution >= 0.6 is 0 Å². The third kappa shape index (κ3) is 14.1. The van der Waals surface area contributed by atoms with Gasteiger partial charge in [0.15, 0.2) is 49.1 Å². The number of hydrogen-bond donors (Lipinski definition) is 1. The molecule has 0 radical (unpaired) electrons. The van der Waals surface area contributed by atoms with Crippen LogP contribution in [-0.4, -0.2) is 159 Å². The van der Waals surface area contributed by atoms with Gasteiger partial charge in [0.25, 0.3) is 0 Å². The van der Waals surface area contributed by atoms with Gasteiger partial charge in [0.05, 0.1) is 28.9 Å². The lowest BCUT2D eigenvalue weighted by Gasteiger charge is -2.45. The number of carbonyl (C=O) groups is 7. The Bertz CT molecular complexity index is 2710. The molecule has 4 aliphatic heterocycles. The molecule has 0 saturated carbocycles. The van der Waals surface area contributed by atoms with E-state index in [4.69, 9.17) is 66.3 Å². The van der Waals surface area contributed by atoms with E-state index in [1.54, 1.807) is 93.6 Å². The van der Waals surface area contributed by atoms with Crippen molar-refractivity contribution in [1.29, 1.82) is 0 Å². The van der Waals surface area contributed by atoms with Crippen LogP contribution in [0.5, 0.6) is 0 Å². The summed E-state index contributed by atoms with van der Waals surface area (Å²) >= 11 is 0. The molecule has 1 N–H and O–H groups in total. The van der Waals surface area contributed by atoms with Gasteiger partial charge in [-0.3, -0.25) is 14.4 Å². The molecule has 0 spiro atoms. The van der Waals surface area contributed by atoms with E-state index in [1.807, 2.05) is 0 Å². The first-order chi connectivity index (χ1) is 37.3. The second-order valence-corrected chi connectivity index (χ2v) is 19.1. The van der Waals surface area contributed by atoms with E-state index in [0.717, 1.165) is 6.92 Å². The third-order valence-corrected chi connectivity index (χ3v) is 12.9. The van der Waals surface area contributed by atoms with Crippen molar-refractivity contribution in [1.82, 2.24) is 0 Å². The summed E-state index contributed by atoms with van der Waals surface area (Å²) in [5.41, 5.74) is 0.348. The van der Waals surface area contributed by atoms with Gasteiger partial charge in [-0.15, -0.1) is 0 Å². The van der Waals surface area contributed by atoms with Crippen LogP contribution in [0, 0.1) is 5.92 Å². The van der Waals surface area contributed by atoms with E-state index in [0.29, 0.717) is 0 Å². The normalized spacial score (nSPS) is 29.4. The maximum Gasteiger partial charge on any atom is 0.338 e. The van der Waals surface area contributed by atoms with Gasteiger partial charge in [0.1, 0.15) is 55.9 Å². The molecule has 4 fully saturated rings. The average Bonchev–Trinajstić information content (AvgIpc) is 3.96. The van der Waals surface area contributed by atoms with Crippen LogP contribution in [0.1, 0.15) is 83.0 Å². The molecule has 0 aliphatic carbocycles. The number of ether oxygens (including phenoxy) is 14. The van der Waals surface area contributed by atoms with Crippen LogP contribution in [0.4, 0.5) is 0 Å². The maximum absolute atomic E-state index is 14.2. The molecule has 15 atom stereocenters. The van der Waals surface area contributed by atoms with Gasteiger partial charge in [0.2, 0.25) is 0 Å². The highest BCUT2D eigenvalue weighted by molar-refractivity contribution is 5.91. The Morgan fingerprint density at radius 3 is 1.46 bits per heavy atom. The smallest absolute Gasteiger partial charge is 0.338 e. The highest BCUT2D eigenvalue weighted by atomic mass is 16.9. The molecule has 8 rings (SSSR count). The number of rotatable bonds is 19. The lowest BCUT2D eigenvalue weighted by molar-refractivity contribution is -0.322. The van der Waals surface area contributed by atoms with Gasteiger partial charge in [0, 0.05) is 26.7 Å². The molecule has 416 valence electrons. The van der Waals surface area contributed by atoms with Gasteiger partial charge < -0.3 is 71.4 Å². The molecule has 0 aromatic heterocycles. The Labute approximate surface area is 448 Å². The minimum absolute atomic E-state index is 0.0514. The minimum Gasteiger partial charge on any atom is -0.463 e. The Morgan fingerprint density at radius 2 is 0.949 bits per heavy atom. The lowest BCUT2D eigenvalue weighted by atomic mass is 9.90. The van der Waals surface area contributed by atoms with E-state index in [9.17, 15) is 38.7 Å². The van der Waals surface area contributed by atoms with E-state index >= 15 is 0 Å². The molecule has 22 heteroatoms. The molecule has 4 aromatic carbocycles. The number of benzene rings is 4. The molecular weight excluding hydrogens is 1020 g/mol. The Balaban J connectivity index is 1.14. The molecule has 12 unspecified atom stereocenters. The molecule has 4 heterocycles. The zero-order valence-electron chi connectivity index (χ0n) is 43.3. The molecule has 4 aliphatic rings. The van der Waals surface area contributed by atoms with Crippen molar-refractivity contribution in [2.75, 3.05) is 19.8 Å². The topological polar surface area (TPSA) is 269 Å². The van der Waals surface area contributed by atoms with Crippen molar-refractivity contribution in [3.63, 3.8) is 0 Å². The number of hydrogen-bond acceptors (Lipinski definition) is 22. The van der Waals surface area contributed by atoms with Crippen LogP contribution < -0.4 is 0 Å². The van der Waals surface area contributed by atoms with Gasteiger partial charge in [-0.05, 0) is 62.4 Å². The number of aliphatic hydroxyl groups excluding tert-OH is 1. The molecule has 4 saturated heterocycles. The van der Waals surface area contributed by atoms with Crippen molar-refractivity contribution in [3.8, 4) is 0 Å². The van der Waals surface area contributed by atoms with Crippen molar-refractivity contribution in [3.05, 3.63) is 144 Å². The summed E-state index contributed by atoms with van der Waals surface area (Å²) in [6.07, 6.45) is -20.4. The van der Waals surface area contributed by atoms with Crippen molar-refractivity contribution < 1.29 is 105 Å². The first-order valence-corrected chi connectivity index (χ1v) is 25.1. The highest BCUT2D eigenvalue weighted by Crippen LogP contribution is 2.43. The van der Waals surface area contributed by atoms with Gasteiger partial charge in [-0.2, -0.15) is 0 Å². The summed E-state index contributed by atoms with van der Waals surface area (Å²) in [5.74, 6) is -7.79. The molecule has 22 nitrogen and oxygen atoms in total. The first-order valence-electron chi connectivity index (χ1n) is 25.1. The average molecular weight is 1090 g/mol. The zero-order valence-corrected chi connectivity index (χ0v) is 43.3. The van der Waals surface area contributed by atoms with E-state index in [1.165, 1.54) is 62.4 Å². The number of carbonyl (C=O) groups excluding carboxylic acids is 7. The van der Waals surface area contributed by atoms with Gasteiger partial charge in [-0.25, -0.2) is 19.2 Å². The summed E-state index contributed by atoms with van der Waals surface area (Å²) in [6, 6.07) is 31.4. The van der Waals surface area contributed by atoms with E-state index in [-0.39, 0.29) is 22.3 Å². The minimum atomic E-state index is -1.82. The standard InChI is InChI=1S/C56H60O22/c1-30-41(68-32(3)58)39(28-65-31(2)57)71-54(42(30)69-33(4)59)76-45-43(75-55-48(45)77-56(5,6)78-55)38(60)27-67-53-47(74-52(64)37-25-17-10-18-26-37)46(73-51(63)36-23-15-9-16-24-36)44(72-50(62)35-21-13-8-14-22-35)40(70-53)29-66-49(61)34-19-11-7-12-20-34/h7-26,30,38-48,53-55,60H,27-29H2,1-6H3/t30?,38?,39?,40?,41?,42?,43-,44?,45-,46?,47?,48?,53?,54?,55-/m0/s1. The largest absolute Gasteiger partial charge is 0.463 e. The predicted octanol–water partition coefficient (Wildman–Crippen LogP) is 4.67. The molecule has 4 aromatic rings. The summed E-state index contributed by atoms with van der Waals surface area (Å²) in [5, 5.41) is 12.3. The zero-order chi connectivity index (χ0) is 55.7. The van der Waals surface area contributed by atoms with Crippen molar-refractivity contribution in [2.45, 2.75) is 133 Å². The lowest BCUT2D eigenvalue weighted by Crippen LogP contribution is -2.63. The monoisotopic (exact) mass is 1080 g/mol. The second-order valence-electron chi connectivity index (χ2n) is 19.1. The maximum atomic E-state index is 14.2. The first kappa shape index (κ1) is 57.0. The molecule has 0 bridgehead atoms. The van der Waals surface area contributed by atoms with E-state index < -0.39 is 159 Å². The van der Waals surface area contributed by atoms with Crippen LogP contribution in [0.3, 0.4) is 0 Å².